The second-order valence-electron chi connectivity index (χ2n) is 7.11. The molecule has 2 atom stereocenters. The highest BCUT2D eigenvalue weighted by Crippen LogP contribution is 2.34. The Kier molecular flexibility index (Phi) is 4.78. The van der Waals surface area contributed by atoms with E-state index in [-0.39, 0.29) is 11.4 Å². The number of aromatic nitrogens is 3. The van der Waals surface area contributed by atoms with Crippen LogP contribution >= 0.6 is 0 Å². The fourth-order valence-corrected chi connectivity index (χ4v) is 3.85. The summed E-state index contributed by atoms with van der Waals surface area (Å²) in [6.45, 7) is 5.40. The van der Waals surface area contributed by atoms with Crippen molar-refractivity contribution in [1.29, 1.82) is 0 Å². The van der Waals surface area contributed by atoms with Gasteiger partial charge in [-0.2, -0.15) is 0 Å². The van der Waals surface area contributed by atoms with E-state index >= 15 is 0 Å². The van der Waals surface area contributed by atoms with Gasteiger partial charge < -0.3 is 14.0 Å². The van der Waals surface area contributed by atoms with Gasteiger partial charge in [-0.1, -0.05) is 12.1 Å². The minimum atomic E-state index is -0.255. The highest BCUT2D eigenvalue weighted by Gasteiger charge is 2.43. The van der Waals surface area contributed by atoms with Crippen LogP contribution in [0.25, 0.3) is 0 Å². The number of nitrogens with zero attached hydrogens (tertiary/aromatic N) is 4. The number of benzene rings is 1. The zero-order valence-corrected chi connectivity index (χ0v) is 14.2. The average molecular weight is 346 g/mol. The molecule has 2 aliphatic heterocycles. The maximum Gasteiger partial charge on any atom is 0.123 e. The second-order valence-corrected chi connectivity index (χ2v) is 7.11. The van der Waals surface area contributed by atoms with Crippen molar-refractivity contribution in [3.63, 3.8) is 0 Å². The van der Waals surface area contributed by atoms with E-state index in [2.05, 4.69) is 15.1 Å². The molecule has 1 spiro atoms. The molecule has 2 aromatic rings. The normalized spacial score (nSPS) is 27.6. The predicted octanol–water partition coefficient (Wildman–Crippen LogP) is 1.72. The zero-order chi connectivity index (χ0) is 17.1. The number of halogens is 1. The van der Waals surface area contributed by atoms with Crippen LogP contribution in [0.2, 0.25) is 0 Å². The van der Waals surface area contributed by atoms with Gasteiger partial charge in [0.2, 0.25) is 0 Å². The highest BCUT2D eigenvalue weighted by atomic mass is 19.1. The van der Waals surface area contributed by atoms with Crippen LogP contribution in [-0.2, 0) is 22.6 Å². The van der Waals surface area contributed by atoms with Crippen molar-refractivity contribution in [2.24, 2.45) is 5.92 Å². The number of ether oxygens (including phenoxy) is 2. The maximum absolute atomic E-state index is 13.1. The van der Waals surface area contributed by atoms with Crippen LogP contribution in [0.5, 0.6) is 0 Å². The Morgan fingerprint density at radius 3 is 2.80 bits per heavy atom. The molecule has 0 N–H and O–H groups in total. The van der Waals surface area contributed by atoms with Crippen molar-refractivity contribution < 1.29 is 13.9 Å². The van der Waals surface area contributed by atoms with E-state index in [0.717, 1.165) is 44.8 Å². The van der Waals surface area contributed by atoms with Crippen molar-refractivity contribution in [1.82, 2.24) is 19.7 Å². The fourth-order valence-electron chi connectivity index (χ4n) is 3.85. The van der Waals surface area contributed by atoms with Crippen LogP contribution in [0, 0.1) is 11.7 Å². The number of hydrogen-bond donors (Lipinski definition) is 0. The Bertz CT molecular complexity index is 679. The molecule has 0 bridgehead atoms. The lowest BCUT2D eigenvalue weighted by molar-refractivity contribution is -0.0563. The molecule has 2 saturated heterocycles. The topological polar surface area (TPSA) is 52.4 Å². The summed E-state index contributed by atoms with van der Waals surface area (Å²) >= 11 is 0. The second kappa shape index (κ2) is 7.19. The molecule has 0 aliphatic carbocycles. The lowest BCUT2D eigenvalue weighted by Gasteiger charge is -2.31. The monoisotopic (exact) mass is 346 g/mol. The largest absolute Gasteiger partial charge is 0.377 e. The van der Waals surface area contributed by atoms with E-state index in [1.165, 1.54) is 12.1 Å². The SMILES string of the molecule is Fc1ccc(CN2CCOC[C@]3(C[C@H](Cn4cnnc4)CO3)C2)cc1. The molecule has 2 fully saturated rings. The first-order valence-corrected chi connectivity index (χ1v) is 8.72. The summed E-state index contributed by atoms with van der Waals surface area (Å²) in [6.07, 6.45) is 4.45. The summed E-state index contributed by atoms with van der Waals surface area (Å²) in [4.78, 5) is 2.35. The molecule has 0 saturated carbocycles. The van der Waals surface area contributed by atoms with Gasteiger partial charge in [0, 0.05) is 32.1 Å². The predicted molar refractivity (Wildman–Crippen MR) is 89.3 cm³/mol. The van der Waals surface area contributed by atoms with E-state index in [0.29, 0.717) is 19.1 Å². The Labute approximate surface area is 146 Å². The van der Waals surface area contributed by atoms with E-state index in [1.807, 2.05) is 16.7 Å². The van der Waals surface area contributed by atoms with Crippen molar-refractivity contribution in [2.45, 2.75) is 25.1 Å². The summed E-state index contributed by atoms with van der Waals surface area (Å²) in [5.74, 6) is 0.237. The third-order valence-electron chi connectivity index (χ3n) is 4.97. The Hall–Kier alpha value is -1.83. The molecule has 0 radical (unpaired) electrons. The number of rotatable bonds is 4. The van der Waals surface area contributed by atoms with Crippen molar-refractivity contribution in [3.05, 3.63) is 48.3 Å². The highest BCUT2D eigenvalue weighted by molar-refractivity contribution is 5.16. The first-order chi connectivity index (χ1) is 12.2. The summed E-state index contributed by atoms with van der Waals surface area (Å²) in [5.41, 5.74) is 0.854. The van der Waals surface area contributed by atoms with Crippen LogP contribution in [0.3, 0.4) is 0 Å². The Morgan fingerprint density at radius 2 is 2.00 bits per heavy atom. The minimum absolute atomic E-state index is 0.199. The molecule has 7 heteroatoms. The standard InChI is InChI=1S/C18H23FN4O2/c19-17-3-1-15(2-4-17)8-22-5-6-24-12-18(11-22)7-16(10-25-18)9-23-13-20-21-14-23/h1-4,13-14,16H,5-12H2/t16-,18+/m1/s1. The third-order valence-corrected chi connectivity index (χ3v) is 4.97. The molecule has 2 aliphatic rings. The van der Waals surface area contributed by atoms with Gasteiger partial charge >= 0.3 is 0 Å². The van der Waals surface area contributed by atoms with Crippen molar-refractivity contribution in [2.75, 3.05) is 32.9 Å². The lowest BCUT2D eigenvalue weighted by atomic mass is 9.94. The molecular formula is C18H23FN4O2. The molecule has 25 heavy (non-hydrogen) atoms. The quantitative estimate of drug-likeness (QED) is 0.844. The maximum atomic E-state index is 13.1. The molecule has 134 valence electrons. The summed E-state index contributed by atoms with van der Waals surface area (Å²) < 4.78 is 27.2. The summed E-state index contributed by atoms with van der Waals surface area (Å²) in [6, 6.07) is 6.72. The van der Waals surface area contributed by atoms with Crippen LogP contribution in [0.15, 0.2) is 36.9 Å². The molecule has 0 unspecified atom stereocenters. The van der Waals surface area contributed by atoms with Crippen molar-refractivity contribution >= 4 is 0 Å². The van der Waals surface area contributed by atoms with Crippen LogP contribution in [0.4, 0.5) is 4.39 Å². The van der Waals surface area contributed by atoms with Gasteiger partial charge in [-0.25, -0.2) is 4.39 Å². The van der Waals surface area contributed by atoms with E-state index < -0.39 is 0 Å². The van der Waals surface area contributed by atoms with Crippen LogP contribution in [-0.4, -0.2) is 58.2 Å². The minimum Gasteiger partial charge on any atom is -0.377 e. The molecule has 4 rings (SSSR count). The lowest BCUT2D eigenvalue weighted by Crippen LogP contribution is -2.43. The third kappa shape index (κ3) is 4.05. The van der Waals surface area contributed by atoms with Gasteiger partial charge in [0.25, 0.3) is 0 Å². The van der Waals surface area contributed by atoms with E-state index in [4.69, 9.17) is 9.47 Å². The van der Waals surface area contributed by atoms with E-state index in [9.17, 15) is 4.39 Å². The first kappa shape index (κ1) is 16.6. The molecule has 6 nitrogen and oxygen atoms in total. The van der Waals surface area contributed by atoms with Gasteiger partial charge in [0.05, 0.1) is 19.8 Å². The molecular weight excluding hydrogens is 323 g/mol. The zero-order valence-electron chi connectivity index (χ0n) is 14.2. The molecule has 3 heterocycles. The van der Waals surface area contributed by atoms with Gasteiger partial charge in [0.15, 0.2) is 0 Å². The molecule has 1 aromatic heterocycles. The number of hydrogen-bond acceptors (Lipinski definition) is 5. The summed E-state index contributed by atoms with van der Waals surface area (Å²) in [5, 5.41) is 7.72. The van der Waals surface area contributed by atoms with Crippen molar-refractivity contribution in [3.8, 4) is 0 Å². The van der Waals surface area contributed by atoms with Gasteiger partial charge in [-0.3, -0.25) is 4.90 Å². The average Bonchev–Trinajstić information content (AvgIpc) is 3.20. The summed E-state index contributed by atoms with van der Waals surface area (Å²) in [7, 11) is 0. The van der Waals surface area contributed by atoms with Gasteiger partial charge in [-0.05, 0) is 24.1 Å². The van der Waals surface area contributed by atoms with Crippen LogP contribution in [0.1, 0.15) is 12.0 Å². The fraction of sp³-hybridized carbons (Fsp3) is 0.556. The Morgan fingerprint density at radius 1 is 1.20 bits per heavy atom. The molecule has 0 amide bonds. The van der Waals surface area contributed by atoms with Gasteiger partial charge in [0.1, 0.15) is 24.1 Å². The smallest absolute Gasteiger partial charge is 0.123 e. The first-order valence-electron chi connectivity index (χ1n) is 8.72. The van der Waals surface area contributed by atoms with E-state index in [1.54, 1.807) is 12.7 Å². The van der Waals surface area contributed by atoms with Crippen LogP contribution < -0.4 is 0 Å². The molecule has 1 aromatic carbocycles. The van der Waals surface area contributed by atoms with Gasteiger partial charge in [-0.15, -0.1) is 10.2 Å². The Balaban J connectivity index is 1.40.